The molecule has 11 heteroatoms. The van der Waals surface area contributed by atoms with Gasteiger partial charge >= 0.3 is 0 Å². The summed E-state index contributed by atoms with van der Waals surface area (Å²) in [4.78, 5) is 18.4. The van der Waals surface area contributed by atoms with Gasteiger partial charge in [0.2, 0.25) is 5.43 Å². The van der Waals surface area contributed by atoms with Crippen molar-refractivity contribution in [3.63, 3.8) is 0 Å². The average Bonchev–Trinajstić information content (AvgIpc) is 2.65. The summed E-state index contributed by atoms with van der Waals surface area (Å²) in [6, 6.07) is 3.11. The van der Waals surface area contributed by atoms with Gasteiger partial charge in [-0.3, -0.25) is 20.5 Å². The Kier molecular flexibility index (Phi) is 6.91. The second-order valence-electron chi connectivity index (χ2n) is 6.94. The molecule has 0 amide bonds. The second-order valence-corrected chi connectivity index (χ2v) is 6.94. The fraction of sp³-hybridized carbons (Fsp3) is 0.300. The number of anilines is 1. The number of piperazine rings is 1. The Balaban J connectivity index is 0.00000341. The van der Waals surface area contributed by atoms with E-state index >= 15 is 0 Å². The number of aromatic nitrogens is 1. The number of pyridine rings is 1. The number of halogens is 2. The Bertz CT molecular complexity index is 1090. The number of hydrogen-bond acceptors (Lipinski definition) is 7. The second kappa shape index (κ2) is 9.04. The van der Waals surface area contributed by atoms with E-state index in [0.717, 1.165) is 18.2 Å². The molecule has 0 atom stereocenters. The standard InChI is InChI=1S/C19H21F2N7O2.CH4/c1-9(22)28-6-5-27(8-13(28)24)7-12(23)15-17(29)18(30)16(26-19(15)25)14-10(20)3-2-4-11(14)21;/h2-4,22-24,30H,5-8H2,1H3,(H3,25,26,29);1H4. The van der Waals surface area contributed by atoms with Gasteiger partial charge in [0.05, 0.1) is 34.9 Å². The van der Waals surface area contributed by atoms with E-state index in [2.05, 4.69) is 4.98 Å². The maximum Gasteiger partial charge on any atom is 0.235 e. The van der Waals surface area contributed by atoms with E-state index in [1.54, 1.807) is 11.8 Å². The monoisotopic (exact) mass is 433 g/mol. The molecule has 2 aromatic rings. The fourth-order valence-corrected chi connectivity index (χ4v) is 3.39. The van der Waals surface area contributed by atoms with E-state index in [9.17, 15) is 18.7 Å². The summed E-state index contributed by atoms with van der Waals surface area (Å²) in [5, 5.41) is 34.2. The van der Waals surface area contributed by atoms with E-state index in [4.69, 9.17) is 22.0 Å². The van der Waals surface area contributed by atoms with Crippen LogP contribution in [0.15, 0.2) is 23.0 Å². The number of nitrogens with zero attached hydrogens (tertiary/aromatic N) is 2. The van der Waals surface area contributed by atoms with Crippen molar-refractivity contribution in [3.05, 3.63) is 45.6 Å². The molecule has 166 valence electrons. The zero-order valence-electron chi connectivity index (χ0n) is 16.1. The summed E-state index contributed by atoms with van der Waals surface area (Å²) < 4.78 is 28.1. The number of aromatic hydroxyl groups is 1. The first kappa shape index (κ1) is 23.7. The van der Waals surface area contributed by atoms with Gasteiger partial charge in [-0.05, 0) is 19.1 Å². The Hall–Kier alpha value is -3.60. The summed E-state index contributed by atoms with van der Waals surface area (Å²) in [7, 11) is 0. The molecular formula is C20H25F2N7O2. The Morgan fingerprint density at radius 1 is 1.26 bits per heavy atom. The maximum absolute atomic E-state index is 14.1. The predicted molar refractivity (Wildman–Crippen MR) is 116 cm³/mol. The minimum absolute atomic E-state index is 0. The zero-order chi connectivity index (χ0) is 22.2. The summed E-state index contributed by atoms with van der Waals surface area (Å²) in [5.74, 6) is -2.77. The van der Waals surface area contributed by atoms with Crippen LogP contribution in [-0.2, 0) is 0 Å². The van der Waals surface area contributed by atoms with Crippen molar-refractivity contribution in [2.24, 2.45) is 0 Å². The molecule has 9 nitrogen and oxygen atoms in total. The lowest BCUT2D eigenvalue weighted by molar-refractivity contribution is 0.292. The van der Waals surface area contributed by atoms with E-state index < -0.39 is 34.1 Å². The van der Waals surface area contributed by atoms with Crippen LogP contribution < -0.4 is 11.2 Å². The third-order valence-corrected chi connectivity index (χ3v) is 4.85. The number of H-pyrrole nitrogens is 1. The number of rotatable bonds is 4. The van der Waals surface area contributed by atoms with Crippen molar-refractivity contribution < 1.29 is 13.9 Å². The molecule has 1 aliphatic heterocycles. The van der Waals surface area contributed by atoms with Gasteiger partial charge in [-0.2, -0.15) is 0 Å². The van der Waals surface area contributed by atoms with Crippen molar-refractivity contribution in [2.75, 3.05) is 31.9 Å². The lowest BCUT2D eigenvalue weighted by atomic mass is 10.0. The van der Waals surface area contributed by atoms with Crippen molar-refractivity contribution in [1.29, 1.82) is 16.2 Å². The molecule has 0 saturated carbocycles. The number of nitrogens with two attached hydrogens (primary N) is 1. The number of aromatic amines is 1. The molecule has 1 saturated heterocycles. The Labute approximate surface area is 177 Å². The van der Waals surface area contributed by atoms with Crippen molar-refractivity contribution >= 4 is 23.2 Å². The van der Waals surface area contributed by atoms with Crippen LogP contribution in [0.1, 0.15) is 19.9 Å². The van der Waals surface area contributed by atoms with Crippen LogP contribution in [0.25, 0.3) is 11.3 Å². The van der Waals surface area contributed by atoms with Crippen LogP contribution in [0.3, 0.4) is 0 Å². The normalized spacial score (nSPS) is 14.3. The minimum atomic E-state index is -1.02. The molecule has 1 fully saturated rings. The van der Waals surface area contributed by atoms with Crippen molar-refractivity contribution in [1.82, 2.24) is 14.8 Å². The largest absolute Gasteiger partial charge is 0.503 e. The molecule has 1 aliphatic rings. The molecule has 2 heterocycles. The van der Waals surface area contributed by atoms with Crippen LogP contribution in [0, 0.1) is 27.9 Å². The van der Waals surface area contributed by atoms with E-state index in [0.29, 0.717) is 13.1 Å². The van der Waals surface area contributed by atoms with Crippen LogP contribution in [-0.4, -0.2) is 63.5 Å². The summed E-state index contributed by atoms with van der Waals surface area (Å²) in [5.41, 5.74) is 3.23. The summed E-state index contributed by atoms with van der Waals surface area (Å²) in [6.45, 7) is 2.55. The number of nitrogen functional groups attached to an aromatic ring is 1. The topological polar surface area (TPSA) is 157 Å². The molecule has 0 aliphatic carbocycles. The highest BCUT2D eigenvalue weighted by Crippen LogP contribution is 2.31. The average molecular weight is 433 g/mol. The van der Waals surface area contributed by atoms with Crippen LogP contribution >= 0.6 is 0 Å². The summed E-state index contributed by atoms with van der Waals surface area (Å²) >= 11 is 0. The molecule has 0 radical (unpaired) electrons. The van der Waals surface area contributed by atoms with Gasteiger partial charge in [-0.15, -0.1) is 0 Å². The predicted octanol–water partition coefficient (Wildman–Crippen LogP) is 2.20. The van der Waals surface area contributed by atoms with Gasteiger partial charge in [0.15, 0.2) is 5.75 Å². The Morgan fingerprint density at radius 2 is 1.87 bits per heavy atom. The Morgan fingerprint density at radius 3 is 2.42 bits per heavy atom. The number of nitrogens with one attached hydrogen (secondary N) is 4. The third kappa shape index (κ3) is 4.45. The van der Waals surface area contributed by atoms with Gasteiger partial charge in [0, 0.05) is 19.6 Å². The molecule has 0 bridgehead atoms. The minimum Gasteiger partial charge on any atom is -0.503 e. The lowest BCUT2D eigenvalue weighted by Crippen LogP contribution is -2.52. The van der Waals surface area contributed by atoms with Crippen molar-refractivity contribution in [3.8, 4) is 17.0 Å². The van der Waals surface area contributed by atoms with Crippen LogP contribution in [0.4, 0.5) is 14.6 Å². The molecule has 1 aromatic carbocycles. The molecule has 7 N–H and O–H groups in total. The highest BCUT2D eigenvalue weighted by Gasteiger charge is 2.26. The first-order chi connectivity index (χ1) is 14.1. The third-order valence-electron chi connectivity index (χ3n) is 4.85. The van der Waals surface area contributed by atoms with Crippen molar-refractivity contribution in [2.45, 2.75) is 14.4 Å². The molecule has 0 spiro atoms. The molecule has 0 unspecified atom stereocenters. The zero-order valence-corrected chi connectivity index (χ0v) is 16.1. The SMILES string of the molecule is C.CC(=N)N1CCN(CC(=N)c2c(N)[nH]c(-c3c(F)cccc3F)c(O)c2=O)CC1=N. The van der Waals surface area contributed by atoms with E-state index in [1.165, 1.54) is 4.90 Å². The smallest absolute Gasteiger partial charge is 0.235 e. The van der Waals surface area contributed by atoms with Gasteiger partial charge in [0.25, 0.3) is 0 Å². The van der Waals surface area contributed by atoms with Gasteiger partial charge in [-0.1, -0.05) is 13.5 Å². The number of amidine groups is 2. The van der Waals surface area contributed by atoms with Gasteiger partial charge < -0.3 is 26.1 Å². The highest BCUT2D eigenvalue weighted by atomic mass is 19.1. The summed E-state index contributed by atoms with van der Waals surface area (Å²) in [6.07, 6.45) is 0. The number of benzene rings is 1. The van der Waals surface area contributed by atoms with E-state index in [1.807, 2.05) is 0 Å². The van der Waals surface area contributed by atoms with Crippen LogP contribution in [0.5, 0.6) is 5.75 Å². The van der Waals surface area contributed by atoms with Gasteiger partial charge in [-0.25, -0.2) is 8.78 Å². The molecule has 31 heavy (non-hydrogen) atoms. The molecule has 1 aromatic heterocycles. The first-order valence-electron chi connectivity index (χ1n) is 9.01. The van der Waals surface area contributed by atoms with E-state index in [-0.39, 0.29) is 49.3 Å². The van der Waals surface area contributed by atoms with Gasteiger partial charge in [0.1, 0.15) is 23.3 Å². The van der Waals surface area contributed by atoms with Crippen LogP contribution in [0.2, 0.25) is 0 Å². The lowest BCUT2D eigenvalue weighted by Gasteiger charge is -2.35. The highest BCUT2D eigenvalue weighted by molar-refractivity contribution is 6.04. The fourth-order valence-electron chi connectivity index (χ4n) is 3.39. The molecular weight excluding hydrogens is 408 g/mol. The quantitative estimate of drug-likeness (QED) is 0.322. The number of hydrogen-bond donors (Lipinski definition) is 6. The maximum atomic E-state index is 14.1. The first-order valence-corrected chi connectivity index (χ1v) is 9.01. The molecule has 3 rings (SSSR count).